The largest absolute Gasteiger partial charge is 0.390 e. The lowest BCUT2D eigenvalue weighted by molar-refractivity contribution is -0.0402. The third-order valence-corrected chi connectivity index (χ3v) is 4.04. The van der Waals surface area contributed by atoms with Gasteiger partial charge < -0.3 is 19.9 Å². The van der Waals surface area contributed by atoms with Gasteiger partial charge >= 0.3 is 0 Å². The molecule has 2 unspecified atom stereocenters. The molecule has 118 valence electrons. The van der Waals surface area contributed by atoms with E-state index < -0.39 is 5.60 Å². The van der Waals surface area contributed by atoms with Gasteiger partial charge in [-0.25, -0.2) is 0 Å². The molecule has 4 heteroatoms. The summed E-state index contributed by atoms with van der Waals surface area (Å²) in [6.07, 6.45) is 2.31. The van der Waals surface area contributed by atoms with Crippen LogP contribution in [0.25, 0.3) is 0 Å². The van der Waals surface area contributed by atoms with Crippen LogP contribution in [0.4, 0.5) is 0 Å². The lowest BCUT2D eigenvalue weighted by Crippen LogP contribution is -2.34. The van der Waals surface area contributed by atoms with Crippen molar-refractivity contribution in [1.29, 1.82) is 0 Å². The third kappa shape index (κ3) is 5.08. The number of hydrogen-bond acceptors (Lipinski definition) is 4. The molecule has 4 nitrogen and oxygen atoms in total. The van der Waals surface area contributed by atoms with Crippen LogP contribution in [0.3, 0.4) is 0 Å². The van der Waals surface area contributed by atoms with Crippen LogP contribution in [-0.4, -0.2) is 44.1 Å². The topological polar surface area (TPSA) is 50.7 Å². The molecule has 0 radical (unpaired) electrons. The van der Waals surface area contributed by atoms with Crippen molar-refractivity contribution >= 4 is 0 Å². The summed E-state index contributed by atoms with van der Waals surface area (Å²) < 4.78 is 10.9. The van der Waals surface area contributed by atoms with Crippen molar-refractivity contribution in [3.05, 3.63) is 35.4 Å². The van der Waals surface area contributed by atoms with Crippen LogP contribution in [0, 0.1) is 0 Å². The zero-order chi connectivity index (χ0) is 15.1. The predicted octanol–water partition coefficient (Wildman–Crippen LogP) is 2.07. The number of ether oxygens (including phenoxy) is 2. The highest BCUT2D eigenvalue weighted by Crippen LogP contribution is 2.34. The number of benzene rings is 1. The van der Waals surface area contributed by atoms with Crippen molar-refractivity contribution in [3.63, 3.8) is 0 Å². The molecule has 0 spiro atoms. The van der Waals surface area contributed by atoms with Crippen molar-refractivity contribution in [2.24, 2.45) is 0 Å². The van der Waals surface area contributed by atoms with Crippen molar-refractivity contribution < 1.29 is 14.6 Å². The van der Waals surface area contributed by atoms with Gasteiger partial charge in [-0.05, 0) is 37.4 Å². The summed E-state index contributed by atoms with van der Waals surface area (Å²) in [6, 6.07) is 8.39. The summed E-state index contributed by atoms with van der Waals surface area (Å²) in [4.78, 5) is 0. The Kier molecular flexibility index (Phi) is 6.18. The van der Waals surface area contributed by atoms with Crippen molar-refractivity contribution in [1.82, 2.24) is 5.32 Å². The molecule has 2 rings (SSSR count). The normalized spacial score (nSPS) is 20.8. The van der Waals surface area contributed by atoms with E-state index in [1.165, 1.54) is 11.1 Å². The summed E-state index contributed by atoms with van der Waals surface area (Å²) in [5, 5.41) is 13.9. The molecule has 1 heterocycles. The Hall–Kier alpha value is -0.940. The van der Waals surface area contributed by atoms with E-state index in [4.69, 9.17) is 9.47 Å². The molecule has 0 aliphatic carbocycles. The van der Waals surface area contributed by atoms with E-state index in [1.807, 2.05) is 13.0 Å². The molecule has 1 aliphatic rings. The molecule has 0 amide bonds. The van der Waals surface area contributed by atoms with Crippen molar-refractivity contribution in [2.75, 3.05) is 33.4 Å². The number of hydrogen-bond donors (Lipinski definition) is 2. The summed E-state index contributed by atoms with van der Waals surface area (Å²) in [7, 11) is 1.69. The lowest BCUT2D eigenvalue weighted by Gasteiger charge is -2.32. The van der Waals surface area contributed by atoms with Crippen LogP contribution in [0.1, 0.15) is 37.0 Å². The van der Waals surface area contributed by atoms with E-state index in [1.54, 1.807) is 7.11 Å². The first kappa shape index (κ1) is 16.4. The molecule has 1 aliphatic heterocycles. The second-order valence-electron chi connectivity index (χ2n) is 6.00. The zero-order valence-corrected chi connectivity index (χ0v) is 13.1. The Morgan fingerprint density at radius 1 is 1.38 bits per heavy atom. The average molecular weight is 293 g/mol. The van der Waals surface area contributed by atoms with E-state index in [-0.39, 0.29) is 6.10 Å². The minimum Gasteiger partial charge on any atom is -0.390 e. The van der Waals surface area contributed by atoms with Gasteiger partial charge in [0, 0.05) is 20.1 Å². The highest BCUT2D eigenvalue weighted by molar-refractivity contribution is 5.31. The van der Waals surface area contributed by atoms with Crippen LogP contribution in [-0.2, 0) is 15.9 Å². The standard InChI is InChI=1S/C17H27NO3/c1-17(19,8-9-18-10-12-20-2)13-16-15-6-4-3-5-14(15)7-11-21-16/h3-6,16,18-19H,7-13H2,1-2H3. The molecular formula is C17H27NO3. The van der Waals surface area contributed by atoms with Crippen LogP contribution in [0.2, 0.25) is 0 Å². The molecule has 1 aromatic rings. The van der Waals surface area contributed by atoms with Gasteiger partial charge in [-0.2, -0.15) is 0 Å². The Bertz CT molecular complexity index is 434. The second-order valence-corrected chi connectivity index (χ2v) is 6.00. The van der Waals surface area contributed by atoms with E-state index in [0.717, 1.165) is 26.1 Å². The van der Waals surface area contributed by atoms with Gasteiger partial charge in [-0.15, -0.1) is 0 Å². The highest BCUT2D eigenvalue weighted by atomic mass is 16.5. The lowest BCUT2D eigenvalue weighted by atomic mass is 9.88. The number of aliphatic hydroxyl groups is 1. The van der Waals surface area contributed by atoms with E-state index in [9.17, 15) is 5.11 Å². The maximum absolute atomic E-state index is 10.6. The Morgan fingerprint density at radius 3 is 3.00 bits per heavy atom. The molecule has 0 aromatic heterocycles. The first-order chi connectivity index (χ1) is 10.1. The second kappa shape index (κ2) is 7.90. The molecule has 1 aromatic carbocycles. The highest BCUT2D eigenvalue weighted by Gasteiger charge is 2.29. The van der Waals surface area contributed by atoms with Gasteiger partial charge in [0.15, 0.2) is 0 Å². The third-order valence-electron chi connectivity index (χ3n) is 4.04. The Balaban J connectivity index is 1.86. The molecule has 2 N–H and O–H groups in total. The Morgan fingerprint density at radius 2 is 2.19 bits per heavy atom. The molecule has 0 saturated carbocycles. The quantitative estimate of drug-likeness (QED) is 0.721. The zero-order valence-electron chi connectivity index (χ0n) is 13.1. The van der Waals surface area contributed by atoms with Crippen LogP contribution in [0.15, 0.2) is 24.3 Å². The van der Waals surface area contributed by atoms with Gasteiger partial charge in [0.25, 0.3) is 0 Å². The SMILES string of the molecule is COCCNCCC(C)(O)CC1OCCc2ccccc21. The van der Waals surface area contributed by atoms with E-state index in [0.29, 0.717) is 19.4 Å². The molecule has 0 fully saturated rings. The van der Waals surface area contributed by atoms with Gasteiger partial charge in [0.1, 0.15) is 0 Å². The summed E-state index contributed by atoms with van der Waals surface area (Å²) in [6.45, 7) is 4.93. The van der Waals surface area contributed by atoms with Gasteiger partial charge in [-0.3, -0.25) is 0 Å². The monoisotopic (exact) mass is 293 g/mol. The predicted molar refractivity (Wildman–Crippen MR) is 83.4 cm³/mol. The van der Waals surface area contributed by atoms with Crippen LogP contribution in [0.5, 0.6) is 0 Å². The molecule has 2 atom stereocenters. The van der Waals surface area contributed by atoms with E-state index in [2.05, 4.69) is 23.5 Å². The first-order valence-electron chi connectivity index (χ1n) is 7.74. The minimum absolute atomic E-state index is 0.00363. The fraction of sp³-hybridized carbons (Fsp3) is 0.647. The molecular weight excluding hydrogens is 266 g/mol. The summed E-state index contributed by atoms with van der Waals surface area (Å²) in [5.41, 5.74) is 1.86. The fourth-order valence-corrected chi connectivity index (χ4v) is 2.80. The number of fused-ring (bicyclic) bond motifs is 1. The molecule has 0 bridgehead atoms. The first-order valence-corrected chi connectivity index (χ1v) is 7.74. The van der Waals surface area contributed by atoms with Gasteiger partial charge in [-0.1, -0.05) is 24.3 Å². The average Bonchev–Trinajstić information content (AvgIpc) is 2.47. The van der Waals surface area contributed by atoms with Crippen LogP contribution < -0.4 is 5.32 Å². The maximum atomic E-state index is 10.6. The van der Waals surface area contributed by atoms with Gasteiger partial charge in [0.2, 0.25) is 0 Å². The summed E-state index contributed by atoms with van der Waals surface area (Å²) >= 11 is 0. The number of rotatable bonds is 8. The van der Waals surface area contributed by atoms with Crippen LogP contribution >= 0.6 is 0 Å². The number of nitrogens with one attached hydrogen (secondary N) is 1. The fourth-order valence-electron chi connectivity index (χ4n) is 2.80. The minimum atomic E-state index is -0.727. The Labute approximate surface area is 127 Å². The smallest absolute Gasteiger partial charge is 0.0855 e. The number of methoxy groups -OCH3 is 1. The van der Waals surface area contributed by atoms with Crippen molar-refractivity contribution in [2.45, 2.75) is 37.9 Å². The summed E-state index contributed by atoms with van der Waals surface area (Å²) in [5.74, 6) is 0. The van der Waals surface area contributed by atoms with Gasteiger partial charge in [0.05, 0.1) is 24.9 Å². The van der Waals surface area contributed by atoms with Crippen molar-refractivity contribution in [3.8, 4) is 0 Å². The molecule has 0 saturated heterocycles. The molecule has 21 heavy (non-hydrogen) atoms. The van der Waals surface area contributed by atoms with E-state index >= 15 is 0 Å². The maximum Gasteiger partial charge on any atom is 0.0855 e.